The second-order valence-electron chi connectivity index (χ2n) is 6.70. The van der Waals surface area contributed by atoms with Crippen LogP contribution in [-0.2, 0) is 0 Å². The second-order valence-corrected chi connectivity index (χ2v) is 6.70. The number of hydrogen-bond acceptors (Lipinski definition) is 2. The first kappa shape index (κ1) is 12.0. The quantitative estimate of drug-likeness (QED) is 0.789. The lowest BCUT2D eigenvalue weighted by Gasteiger charge is -2.43. The molecule has 3 atom stereocenters. The van der Waals surface area contributed by atoms with Crippen molar-refractivity contribution in [1.29, 1.82) is 0 Å². The Labute approximate surface area is 106 Å². The molecule has 3 rings (SSSR count). The van der Waals surface area contributed by atoms with Gasteiger partial charge in [-0.2, -0.15) is 0 Å². The Bertz CT molecular complexity index is 258. The van der Waals surface area contributed by atoms with Gasteiger partial charge >= 0.3 is 0 Å². The van der Waals surface area contributed by atoms with Crippen LogP contribution in [0, 0.1) is 17.8 Å². The molecule has 3 unspecified atom stereocenters. The molecule has 1 N–H and O–H groups in total. The smallest absolute Gasteiger partial charge is 0.0249 e. The molecule has 0 bridgehead atoms. The highest BCUT2D eigenvalue weighted by atomic mass is 15.2. The average molecular weight is 236 g/mol. The fourth-order valence-corrected chi connectivity index (χ4v) is 3.31. The summed E-state index contributed by atoms with van der Waals surface area (Å²) in [6.45, 7) is 8.70. The van der Waals surface area contributed by atoms with Crippen molar-refractivity contribution in [2.24, 2.45) is 17.8 Å². The summed E-state index contributed by atoms with van der Waals surface area (Å²) in [4.78, 5) is 2.85. The molecule has 0 spiro atoms. The van der Waals surface area contributed by atoms with E-state index in [4.69, 9.17) is 0 Å². The molecule has 17 heavy (non-hydrogen) atoms. The number of nitrogens with one attached hydrogen (secondary N) is 1. The topological polar surface area (TPSA) is 15.3 Å². The van der Waals surface area contributed by atoms with E-state index in [0.717, 1.165) is 29.8 Å². The molecular weight excluding hydrogens is 208 g/mol. The molecule has 1 saturated heterocycles. The fraction of sp³-hybridized carbons (Fsp3) is 1.00. The Balaban J connectivity index is 1.60. The highest BCUT2D eigenvalue weighted by Crippen LogP contribution is 2.39. The molecule has 0 aromatic rings. The lowest BCUT2D eigenvalue weighted by Crippen LogP contribution is -2.59. The third kappa shape index (κ3) is 2.85. The Morgan fingerprint density at radius 2 is 2.00 bits per heavy atom. The first-order chi connectivity index (χ1) is 8.28. The van der Waals surface area contributed by atoms with Crippen LogP contribution in [0.4, 0.5) is 0 Å². The van der Waals surface area contributed by atoms with Crippen LogP contribution in [0.1, 0.15) is 46.0 Å². The lowest BCUT2D eigenvalue weighted by molar-refractivity contribution is 0.0914. The average Bonchev–Trinajstić information content (AvgIpc) is 3.20. The number of rotatable bonds is 5. The zero-order valence-electron chi connectivity index (χ0n) is 11.5. The molecule has 0 aromatic heterocycles. The summed E-state index contributed by atoms with van der Waals surface area (Å²) >= 11 is 0. The van der Waals surface area contributed by atoms with E-state index in [0.29, 0.717) is 0 Å². The van der Waals surface area contributed by atoms with Crippen molar-refractivity contribution in [2.75, 3.05) is 19.6 Å². The Morgan fingerprint density at radius 3 is 2.59 bits per heavy atom. The van der Waals surface area contributed by atoms with Crippen LogP contribution in [0.25, 0.3) is 0 Å². The molecule has 2 heteroatoms. The van der Waals surface area contributed by atoms with Crippen molar-refractivity contribution < 1.29 is 0 Å². The lowest BCUT2D eigenvalue weighted by atomic mass is 9.94. The van der Waals surface area contributed by atoms with Crippen LogP contribution in [0.3, 0.4) is 0 Å². The van der Waals surface area contributed by atoms with Gasteiger partial charge in [0.25, 0.3) is 0 Å². The number of piperazine rings is 1. The Morgan fingerprint density at radius 1 is 1.24 bits per heavy atom. The maximum Gasteiger partial charge on any atom is 0.0249 e. The number of hydrogen-bond donors (Lipinski definition) is 1. The van der Waals surface area contributed by atoms with Crippen molar-refractivity contribution in [3.8, 4) is 0 Å². The molecule has 2 saturated carbocycles. The van der Waals surface area contributed by atoms with E-state index >= 15 is 0 Å². The molecule has 98 valence electrons. The first-order valence-corrected chi connectivity index (χ1v) is 7.75. The SMILES string of the molecule is CCC(C)C1CN(CC2CC2)C(C2CC2)CN1. The van der Waals surface area contributed by atoms with Crippen LogP contribution < -0.4 is 5.32 Å². The molecule has 3 fully saturated rings. The van der Waals surface area contributed by atoms with Gasteiger partial charge in [0.1, 0.15) is 0 Å². The van der Waals surface area contributed by atoms with Gasteiger partial charge in [-0.15, -0.1) is 0 Å². The van der Waals surface area contributed by atoms with Crippen LogP contribution in [0.2, 0.25) is 0 Å². The van der Waals surface area contributed by atoms with Crippen LogP contribution in [0.5, 0.6) is 0 Å². The van der Waals surface area contributed by atoms with Crippen LogP contribution in [-0.4, -0.2) is 36.6 Å². The first-order valence-electron chi connectivity index (χ1n) is 7.75. The Kier molecular flexibility index (Phi) is 3.45. The minimum Gasteiger partial charge on any atom is -0.311 e. The van der Waals surface area contributed by atoms with Crippen molar-refractivity contribution in [3.05, 3.63) is 0 Å². The summed E-state index contributed by atoms with van der Waals surface area (Å²) in [6, 6.07) is 1.62. The fourth-order valence-electron chi connectivity index (χ4n) is 3.31. The van der Waals surface area contributed by atoms with Gasteiger partial charge in [-0.05, 0) is 43.4 Å². The predicted octanol–water partition coefficient (Wildman–Crippen LogP) is 2.49. The minimum absolute atomic E-state index is 0.744. The van der Waals surface area contributed by atoms with Crippen LogP contribution in [0.15, 0.2) is 0 Å². The molecule has 1 aliphatic heterocycles. The zero-order valence-corrected chi connectivity index (χ0v) is 11.5. The maximum atomic E-state index is 3.82. The third-order valence-electron chi connectivity index (χ3n) is 5.18. The van der Waals surface area contributed by atoms with Gasteiger partial charge in [0.2, 0.25) is 0 Å². The van der Waals surface area contributed by atoms with E-state index in [9.17, 15) is 0 Å². The van der Waals surface area contributed by atoms with Gasteiger partial charge in [-0.1, -0.05) is 20.3 Å². The summed E-state index contributed by atoms with van der Waals surface area (Å²) in [5.41, 5.74) is 0. The van der Waals surface area contributed by atoms with E-state index in [1.165, 1.54) is 51.7 Å². The van der Waals surface area contributed by atoms with E-state index < -0.39 is 0 Å². The third-order valence-corrected chi connectivity index (χ3v) is 5.18. The van der Waals surface area contributed by atoms with Crippen molar-refractivity contribution in [2.45, 2.75) is 58.0 Å². The minimum atomic E-state index is 0.744. The molecular formula is C15H28N2. The standard InChI is InChI=1S/C15H28N2/c1-3-11(2)14-10-17(9-12-4-5-12)15(8-16-14)13-6-7-13/h11-16H,3-10H2,1-2H3. The van der Waals surface area contributed by atoms with Gasteiger partial charge in [-0.25, -0.2) is 0 Å². The summed E-state index contributed by atoms with van der Waals surface area (Å²) in [7, 11) is 0. The van der Waals surface area contributed by atoms with Gasteiger partial charge in [0, 0.05) is 31.7 Å². The molecule has 2 nitrogen and oxygen atoms in total. The second kappa shape index (κ2) is 4.89. The van der Waals surface area contributed by atoms with Crippen molar-refractivity contribution in [1.82, 2.24) is 10.2 Å². The maximum absolute atomic E-state index is 3.82. The molecule has 0 radical (unpaired) electrons. The van der Waals surface area contributed by atoms with Gasteiger partial charge < -0.3 is 5.32 Å². The monoisotopic (exact) mass is 236 g/mol. The van der Waals surface area contributed by atoms with E-state index in [1.54, 1.807) is 0 Å². The molecule has 3 aliphatic rings. The van der Waals surface area contributed by atoms with E-state index in [2.05, 4.69) is 24.1 Å². The Hall–Kier alpha value is -0.0800. The highest BCUT2D eigenvalue weighted by molar-refractivity contribution is 4.97. The van der Waals surface area contributed by atoms with Gasteiger partial charge in [-0.3, -0.25) is 4.90 Å². The van der Waals surface area contributed by atoms with Crippen molar-refractivity contribution >= 4 is 0 Å². The summed E-state index contributed by atoms with van der Waals surface area (Å²) in [5, 5.41) is 3.82. The predicted molar refractivity (Wildman–Crippen MR) is 72.1 cm³/mol. The highest BCUT2D eigenvalue weighted by Gasteiger charge is 2.41. The zero-order chi connectivity index (χ0) is 11.8. The summed E-state index contributed by atoms with van der Waals surface area (Å²) < 4.78 is 0. The van der Waals surface area contributed by atoms with Crippen molar-refractivity contribution in [3.63, 3.8) is 0 Å². The van der Waals surface area contributed by atoms with E-state index in [-0.39, 0.29) is 0 Å². The van der Waals surface area contributed by atoms with Gasteiger partial charge in [0.15, 0.2) is 0 Å². The number of nitrogens with zero attached hydrogens (tertiary/aromatic N) is 1. The van der Waals surface area contributed by atoms with Crippen LogP contribution >= 0.6 is 0 Å². The van der Waals surface area contributed by atoms with Gasteiger partial charge in [0.05, 0.1) is 0 Å². The molecule has 0 aromatic carbocycles. The summed E-state index contributed by atoms with van der Waals surface area (Å²) in [6.07, 6.45) is 7.27. The molecule has 0 amide bonds. The van der Waals surface area contributed by atoms with E-state index in [1.807, 2.05) is 0 Å². The normalized spacial score (nSPS) is 37.1. The summed E-state index contributed by atoms with van der Waals surface area (Å²) in [5.74, 6) is 2.91. The largest absolute Gasteiger partial charge is 0.311 e. The molecule has 2 aliphatic carbocycles. The molecule has 1 heterocycles.